The zero-order chi connectivity index (χ0) is 12.1. The molecule has 17 heavy (non-hydrogen) atoms. The van der Waals surface area contributed by atoms with Crippen molar-refractivity contribution in [1.29, 1.82) is 0 Å². The molecule has 0 aliphatic rings. The van der Waals surface area contributed by atoms with Crippen LogP contribution in [0.15, 0.2) is 30.5 Å². The third-order valence-electron chi connectivity index (χ3n) is 2.56. The van der Waals surface area contributed by atoms with E-state index in [0.717, 1.165) is 41.0 Å². The Balaban J connectivity index is 2.23. The first-order valence-electron chi connectivity index (χ1n) is 5.49. The first-order valence-corrected chi connectivity index (χ1v) is 5.87. The van der Waals surface area contributed by atoms with Gasteiger partial charge in [0.25, 0.3) is 0 Å². The van der Waals surface area contributed by atoms with Crippen LogP contribution in [0.2, 0.25) is 5.02 Å². The average molecular weight is 245 g/mol. The fraction of sp³-hybridized carbons (Fsp3) is 0.214. The second-order valence-electron chi connectivity index (χ2n) is 3.74. The number of nitrogens with zero attached hydrogens (tertiary/aromatic N) is 1. The van der Waals surface area contributed by atoms with Crippen LogP contribution in [0.3, 0.4) is 0 Å². The van der Waals surface area contributed by atoms with Crippen LogP contribution in [0, 0.1) is 12.3 Å². The van der Waals surface area contributed by atoms with E-state index in [0.29, 0.717) is 0 Å². The largest absolute Gasteiger partial charge is 0.312 e. The molecule has 1 aromatic carbocycles. The van der Waals surface area contributed by atoms with Gasteiger partial charge in [-0.15, -0.1) is 12.3 Å². The Hall–Kier alpha value is -1.56. The van der Waals surface area contributed by atoms with E-state index < -0.39 is 0 Å². The van der Waals surface area contributed by atoms with Gasteiger partial charge in [-0.25, -0.2) is 0 Å². The molecule has 0 spiro atoms. The zero-order valence-corrected chi connectivity index (χ0v) is 10.2. The lowest BCUT2D eigenvalue weighted by molar-refractivity contribution is 0.704. The summed E-state index contributed by atoms with van der Waals surface area (Å²) in [6.07, 6.45) is 7.72. The number of hydrogen-bond acceptors (Lipinski definition) is 2. The molecule has 0 saturated heterocycles. The van der Waals surface area contributed by atoms with Crippen LogP contribution in [0.5, 0.6) is 0 Å². The molecule has 3 heteroatoms. The SMILES string of the molecule is C#CCCNCc1ccc(Cl)c2cccnc12. The third kappa shape index (κ3) is 2.76. The molecule has 0 bridgehead atoms. The van der Waals surface area contributed by atoms with Gasteiger partial charge in [-0.1, -0.05) is 17.7 Å². The van der Waals surface area contributed by atoms with E-state index in [2.05, 4.69) is 16.2 Å². The van der Waals surface area contributed by atoms with Crippen LogP contribution in [0.4, 0.5) is 0 Å². The molecule has 0 fully saturated rings. The van der Waals surface area contributed by atoms with Crippen molar-refractivity contribution in [3.63, 3.8) is 0 Å². The van der Waals surface area contributed by atoms with Crippen molar-refractivity contribution in [1.82, 2.24) is 10.3 Å². The standard InChI is InChI=1S/C14H13ClN2/c1-2-3-8-16-10-11-6-7-13(15)12-5-4-9-17-14(11)12/h1,4-7,9,16H,3,8,10H2. The molecular formula is C14H13ClN2. The van der Waals surface area contributed by atoms with Gasteiger partial charge >= 0.3 is 0 Å². The Morgan fingerprint density at radius 3 is 3.06 bits per heavy atom. The zero-order valence-electron chi connectivity index (χ0n) is 9.41. The fourth-order valence-corrected chi connectivity index (χ4v) is 1.94. The Kier molecular flexibility index (Phi) is 3.98. The van der Waals surface area contributed by atoms with Crippen molar-refractivity contribution in [3.05, 3.63) is 41.0 Å². The molecule has 0 radical (unpaired) electrons. The van der Waals surface area contributed by atoms with E-state index in [4.69, 9.17) is 18.0 Å². The highest BCUT2D eigenvalue weighted by Crippen LogP contribution is 2.24. The summed E-state index contributed by atoms with van der Waals surface area (Å²) in [6, 6.07) is 7.78. The summed E-state index contributed by atoms with van der Waals surface area (Å²) in [5.74, 6) is 2.60. The van der Waals surface area contributed by atoms with Gasteiger partial charge in [0, 0.05) is 36.1 Å². The Bertz CT molecular complexity index is 558. The van der Waals surface area contributed by atoms with Crippen molar-refractivity contribution in [2.75, 3.05) is 6.54 Å². The minimum Gasteiger partial charge on any atom is -0.312 e. The second-order valence-corrected chi connectivity index (χ2v) is 4.14. The van der Waals surface area contributed by atoms with E-state index in [1.54, 1.807) is 6.20 Å². The smallest absolute Gasteiger partial charge is 0.0761 e. The summed E-state index contributed by atoms with van der Waals surface area (Å²) >= 11 is 6.13. The van der Waals surface area contributed by atoms with E-state index in [1.807, 2.05) is 24.3 Å². The topological polar surface area (TPSA) is 24.9 Å². The molecule has 0 amide bonds. The average Bonchev–Trinajstić information content (AvgIpc) is 2.37. The lowest BCUT2D eigenvalue weighted by Gasteiger charge is -2.07. The van der Waals surface area contributed by atoms with E-state index in [9.17, 15) is 0 Å². The molecule has 2 rings (SSSR count). The lowest BCUT2D eigenvalue weighted by Crippen LogP contribution is -2.14. The summed E-state index contributed by atoms with van der Waals surface area (Å²) in [7, 11) is 0. The third-order valence-corrected chi connectivity index (χ3v) is 2.89. The monoisotopic (exact) mass is 244 g/mol. The van der Waals surface area contributed by atoms with Gasteiger partial charge in [0.1, 0.15) is 0 Å². The second kappa shape index (κ2) is 5.67. The fourth-order valence-electron chi connectivity index (χ4n) is 1.72. The lowest BCUT2D eigenvalue weighted by atomic mass is 10.1. The van der Waals surface area contributed by atoms with Crippen LogP contribution in [-0.2, 0) is 6.54 Å². The molecule has 2 aromatic rings. The van der Waals surface area contributed by atoms with Crippen LogP contribution in [-0.4, -0.2) is 11.5 Å². The molecule has 0 unspecified atom stereocenters. The first kappa shape index (κ1) is 11.9. The molecule has 2 nitrogen and oxygen atoms in total. The van der Waals surface area contributed by atoms with E-state index in [-0.39, 0.29) is 0 Å². The summed E-state index contributed by atoms with van der Waals surface area (Å²) in [4.78, 5) is 4.38. The summed E-state index contributed by atoms with van der Waals surface area (Å²) < 4.78 is 0. The number of halogens is 1. The maximum atomic E-state index is 6.13. The van der Waals surface area contributed by atoms with Gasteiger partial charge in [-0.2, -0.15) is 0 Å². The normalized spacial score (nSPS) is 10.4. The number of fused-ring (bicyclic) bond motifs is 1. The number of nitrogens with one attached hydrogen (secondary N) is 1. The summed E-state index contributed by atoms with van der Waals surface area (Å²) in [6.45, 7) is 1.57. The summed E-state index contributed by atoms with van der Waals surface area (Å²) in [5, 5.41) is 5.02. The van der Waals surface area contributed by atoms with Crippen molar-refractivity contribution in [2.24, 2.45) is 0 Å². The molecule has 1 heterocycles. The van der Waals surface area contributed by atoms with Gasteiger partial charge in [0.15, 0.2) is 0 Å². The molecule has 1 aromatic heterocycles. The van der Waals surface area contributed by atoms with Gasteiger partial charge in [-0.05, 0) is 23.8 Å². The molecular weight excluding hydrogens is 232 g/mol. The minimum atomic E-state index is 0.735. The quantitative estimate of drug-likeness (QED) is 0.661. The molecule has 0 atom stereocenters. The number of aromatic nitrogens is 1. The highest BCUT2D eigenvalue weighted by molar-refractivity contribution is 6.35. The number of terminal acetylenes is 1. The van der Waals surface area contributed by atoms with Crippen LogP contribution < -0.4 is 5.32 Å². The van der Waals surface area contributed by atoms with E-state index in [1.165, 1.54) is 0 Å². The Morgan fingerprint density at radius 2 is 2.24 bits per heavy atom. The number of pyridine rings is 1. The molecule has 0 saturated carbocycles. The van der Waals surface area contributed by atoms with Crippen molar-refractivity contribution < 1.29 is 0 Å². The highest BCUT2D eigenvalue weighted by atomic mass is 35.5. The van der Waals surface area contributed by atoms with Crippen LogP contribution in [0.25, 0.3) is 10.9 Å². The minimum absolute atomic E-state index is 0.735. The molecule has 0 aliphatic heterocycles. The predicted octanol–water partition coefficient (Wildman–Crippen LogP) is 3.00. The molecule has 86 valence electrons. The number of benzene rings is 1. The van der Waals surface area contributed by atoms with Gasteiger partial charge in [0.05, 0.1) is 5.52 Å². The van der Waals surface area contributed by atoms with Crippen LogP contribution >= 0.6 is 11.6 Å². The molecule has 0 aliphatic carbocycles. The Labute approximate surface area is 106 Å². The van der Waals surface area contributed by atoms with E-state index >= 15 is 0 Å². The maximum absolute atomic E-state index is 6.13. The Morgan fingerprint density at radius 1 is 1.35 bits per heavy atom. The maximum Gasteiger partial charge on any atom is 0.0761 e. The highest BCUT2D eigenvalue weighted by Gasteiger charge is 2.04. The summed E-state index contributed by atoms with van der Waals surface area (Å²) in [5.41, 5.74) is 2.09. The van der Waals surface area contributed by atoms with Crippen molar-refractivity contribution in [3.8, 4) is 12.3 Å². The predicted molar refractivity (Wildman–Crippen MR) is 71.9 cm³/mol. The number of rotatable bonds is 4. The van der Waals surface area contributed by atoms with Crippen molar-refractivity contribution >= 4 is 22.5 Å². The van der Waals surface area contributed by atoms with Gasteiger partial charge in [0.2, 0.25) is 0 Å². The molecule has 1 N–H and O–H groups in total. The number of hydrogen-bond donors (Lipinski definition) is 1. The first-order chi connectivity index (χ1) is 8.33. The van der Waals surface area contributed by atoms with Gasteiger partial charge in [-0.3, -0.25) is 4.98 Å². The van der Waals surface area contributed by atoms with Gasteiger partial charge < -0.3 is 5.32 Å². The van der Waals surface area contributed by atoms with Crippen LogP contribution in [0.1, 0.15) is 12.0 Å². The van der Waals surface area contributed by atoms with Crippen molar-refractivity contribution in [2.45, 2.75) is 13.0 Å².